The Bertz CT molecular complexity index is 526. The normalized spacial score (nSPS) is 14.2. The third-order valence-electron chi connectivity index (χ3n) is 3.44. The molecule has 0 saturated carbocycles. The molecular weight excluding hydrogens is 299 g/mol. The van der Waals surface area contributed by atoms with E-state index in [1.165, 1.54) is 12.1 Å². The van der Waals surface area contributed by atoms with Crippen molar-refractivity contribution in [3.8, 4) is 0 Å². The first kappa shape index (κ1) is 18.0. The van der Waals surface area contributed by atoms with Crippen molar-refractivity contribution in [1.29, 1.82) is 0 Å². The van der Waals surface area contributed by atoms with Gasteiger partial charge in [0.15, 0.2) is 0 Å². The van der Waals surface area contributed by atoms with Gasteiger partial charge in [-0.3, -0.25) is 4.79 Å². The minimum absolute atomic E-state index is 0.168. The van der Waals surface area contributed by atoms with Gasteiger partial charge in [-0.15, -0.1) is 0 Å². The summed E-state index contributed by atoms with van der Waals surface area (Å²) in [5.74, 6) is -1.91. The summed E-state index contributed by atoms with van der Waals surface area (Å²) in [6.07, 6.45) is -4.01. The number of alkyl halides is 3. The van der Waals surface area contributed by atoms with Crippen LogP contribution in [0.25, 0.3) is 0 Å². The molecule has 0 fully saturated rings. The maximum absolute atomic E-state index is 12.4. The summed E-state index contributed by atoms with van der Waals surface area (Å²) in [6, 6.07) is 3.20. The lowest BCUT2D eigenvalue weighted by molar-refractivity contribution is -0.143. The standard InChI is InChI=1S/C15H18F3NO3/c1-3-9(2)13(14(21)22)19-12(20)8-10-4-6-11(7-5-10)15(16,17)18/h4-7,9,13H,3,8H2,1-2H3,(H,19,20)(H,21,22)/t9-,13-/m1/s1. The van der Waals surface area contributed by atoms with E-state index in [1.54, 1.807) is 6.92 Å². The topological polar surface area (TPSA) is 66.4 Å². The molecule has 22 heavy (non-hydrogen) atoms. The summed E-state index contributed by atoms with van der Waals surface area (Å²) in [4.78, 5) is 22.9. The molecule has 1 aromatic carbocycles. The van der Waals surface area contributed by atoms with Crippen molar-refractivity contribution in [1.82, 2.24) is 5.32 Å². The Morgan fingerprint density at radius 1 is 1.23 bits per heavy atom. The van der Waals surface area contributed by atoms with Crippen molar-refractivity contribution in [2.24, 2.45) is 5.92 Å². The van der Waals surface area contributed by atoms with Gasteiger partial charge in [-0.1, -0.05) is 32.4 Å². The van der Waals surface area contributed by atoms with Gasteiger partial charge in [0.1, 0.15) is 6.04 Å². The molecule has 2 N–H and O–H groups in total. The molecule has 122 valence electrons. The fraction of sp³-hybridized carbons (Fsp3) is 0.467. The number of benzene rings is 1. The minimum Gasteiger partial charge on any atom is -0.480 e. The van der Waals surface area contributed by atoms with E-state index in [2.05, 4.69) is 5.32 Å². The molecule has 4 nitrogen and oxygen atoms in total. The van der Waals surface area contributed by atoms with E-state index in [-0.39, 0.29) is 12.3 Å². The maximum atomic E-state index is 12.4. The quantitative estimate of drug-likeness (QED) is 0.848. The molecule has 0 unspecified atom stereocenters. The first-order valence-electron chi connectivity index (χ1n) is 6.83. The molecular formula is C15H18F3NO3. The summed E-state index contributed by atoms with van der Waals surface area (Å²) < 4.78 is 37.3. The Morgan fingerprint density at radius 2 is 1.77 bits per heavy atom. The molecule has 2 atom stereocenters. The number of hydrogen-bond donors (Lipinski definition) is 2. The van der Waals surface area contributed by atoms with Crippen LogP contribution >= 0.6 is 0 Å². The van der Waals surface area contributed by atoms with E-state index in [4.69, 9.17) is 5.11 Å². The first-order chi connectivity index (χ1) is 10.1. The van der Waals surface area contributed by atoms with Crippen LogP contribution in [0.5, 0.6) is 0 Å². The van der Waals surface area contributed by atoms with E-state index in [0.29, 0.717) is 12.0 Å². The maximum Gasteiger partial charge on any atom is 0.416 e. The van der Waals surface area contributed by atoms with Gasteiger partial charge in [0.05, 0.1) is 12.0 Å². The summed E-state index contributed by atoms with van der Waals surface area (Å²) in [5, 5.41) is 11.5. The van der Waals surface area contributed by atoms with Crippen LogP contribution in [0.2, 0.25) is 0 Å². The number of amides is 1. The summed E-state index contributed by atoms with van der Waals surface area (Å²) >= 11 is 0. The van der Waals surface area contributed by atoms with Crippen LogP contribution in [0.1, 0.15) is 31.4 Å². The third-order valence-corrected chi connectivity index (χ3v) is 3.44. The van der Waals surface area contributed by atoms with E-state index in [9.17, 15) is 22.8 Å². The summed E-state index contributed by atoms with van der Waals surface area (Å²) in [7, 11) is 0. The molecule has 0 aliphatic rings. The molecule has 0 heterocycles. The fourth-order valence-electron chi connectivity index (χ4n) is 1.90. The van der Waals surface area contributed by atoms with Crippen LogP contribution in [0.3, 0.4) is 0 Å². The van der Waals surface area contributed by atoms with Gasteiger partial charge in [-0.25, -0.2) is 4.79 Å². The van der Waals surface area contributed by atoms with Crippen LogP contribution in [0.4, 0.5) is 13.2 Å². The lowest BCUT2D eigenvalue weighted by Gasteiger charge is -2.20. The highest BCUT2D eigenvalue weighted by Crippen LogP contribution is 2.29. The monoisotopic (exact) mass is 317 g/mol. The van der Waals surface area contributed by atoms with Gasteiger partial charge in [0.25, 0.3) is 0 Å². The molecule has 0 aromatic heterocycles. The Hall–Kier alpha value is -2.05. The largest absolute Gasteiger partial charge is 0.480 e. The number of aliphatic carboxylic acids is 1. The highest BCUT2D eigenvalue weighted by atomic mass is 19.4. The van der Waals surface area contributed by atoms with Gasteiger partial charge in [-0.05, 0) is 23.6 Å². The second kappa shape index (κ2) is 7.29. The molecule has 1 amide bonds. The smallest absolute Gasteiger partial charge is 0.416 e. The van der Waals surface area contributed by atoms with Gasteiger partial charge < -0.3 is 10.4 Å². The van der Waals surface area contributed by atoms with Gasteiger partial charge in [-0.2, -0.15) is 13.2 Å². The van der Waals surface area contributed by atoms with Crippen LogP contribution < -0.4 is 5.32 Å². The Kier molecular flexibility index (Phi) is 5.96. The second-order valence-corrected chi connectivity index (χ2v) is 5.14. The zero-order chi connectivity index (χ0) is 16.9. The average molecular weight is 317 g/mol. The zero-order valence-corrected chi connectivity index (χ0v) is 12.3. The Morgan fingerprint density at radius 3 is 2.18 bits per heavy atom. The van der Waals surface area contributed by atoms with E-state index in [1.807, 2.05) is 6.92 Å². The molecule has 7 heteroatoms. The van der Waals surface area contributed by atoms with Crippen molar-refractivity contribution >= 4 is 11.9 Å². The predicted molar refractivity (Wildman–Crippen MR) is 74.2 cm³/mol. The van der Waals surface area contributed by atoms with Crippen LogP contribution in [-0.4, -0.2) is 23.0 Å². The van der Waals surface area contributed by atoms with Crippen molar-refractivity contribution in [2.45, 2.75) is 38.9 Å². The van der Waals surface area contributed by atoms with Crippen LogP contribution in [-0.2, 0) is 22.2 Å². The van der Waals surface area contributed by atoms with Crippen molar-refractivity contribution < 1.29 is 27.9 Å². The highest BCUT2D eigenvalue weighted by molar-refractivity contribution is 5.85. The molecule has 0 saturated heterocycles. The van der Waals surface area contributed by atoms with E-state index in [0.717, 1.165) is 12.1 Å². The molecule has 0 bridgehead atoms. The number of hydrogen-bond acceptors (Lipinski definition) is 2. The number of carbonyl (C=O) groups is 2. The second-order valence-electron chi connectivity index (χ2n) is 5.14. The summed E-state index contributed by atoms with van der Waals surface area (Å²) in [5.41, 5.74) is -0.404. The Labute approximate surface area is 126 Å². The number of carboxylic acids is 1. The number of carboxylic acid groups (broad SMARTS) is 1. The number of halogens is 3. The van der Waals surface area contributed by atoms with Gasteiger partial charge in [0.2, 0.25) is 5.91 Å². The molecule has 0 spiro atoms. The summed E-state index contributed by atoms with van der Waals surface area (Å²) in [6.45, 7) is 3.51. The van der Waals surface area contributed by atoms with Crippen LogP contribution in [0, 0.1) is 5.92 Å². The lowest BCUT2D eigenvalue weighted by atomic mass is 9.99. The van der Waals surface area contributed by atoms with Crippen molar-refractivity contribution in [3.63, 3.8) is 0 Å². The number of carbonyl (C=O) groups excluding carboxylic acids is 1. The molecule has 0 aliphatic carbocycles. The highest BCUT2D eigenvalue weighted by Gasteiger charge is 2.30. The third kappa shape index (κ3) is 5.05. The van der Waals surface area contributed by atoms with Crippen molar-refractivity contribution in [2.75, 3.05) is 0 Å². The minimum atomic E-state index is -4.42. The van der Waals surface area contributed by atoms with Gasteiger partial charge in [0, 0.05) is 0 Å². The number of rotatable bonds is 6. The Balaban J connectivity index is 2.70. The average Bonchev–Trinajstić information content (AvgIpc) is 2.43. The van der Waals surface area contributed by atoms with Crippen molar-refractivity contribution in [3.05, 3.63) is 35.4 Å². The fourth-order valence-corrected chi connectivity index (χ4v) is 1.90. The van der Waals surface area contributed by atoms with Crippen LogP contribution in [0.15, 0.2) is 24.3 Å². The molecule has 1 aromatic rings. The molecule has 1 rings (SSSR count). The first-order valence-corrected chi connectivity index (χ1v) is 6.83. The zero-order valence-electron chi connectivity index (χ0n) is 12.3. The molecule has 0 aliphatic heterocycles. The predicted octanol–water partition coefficient (Wildman–Crippen LogP) is 2.86. The van der Waals surface area contributed by atoms with E-state index < -0.39 is 29.7 Å². The van der Waals surface area contributed by atoms with Gasteiger partial charge >= 0.3 is 12.1 Å². The lowest BCUT2D eigenvalue weighted by Crippen LogP contribution is -2.45. The molecule has 0 radical (unpaired) electrons. The number of nitrogens with one attached hydrogen (secondary N) is 1. The van der Waals surface area contributed by atoms with E-state index >= 15 is 0 Å². The SMILES string of the molecule is CC[C@@H](C)[C@@H](NC(=O)Cc1ccc(C(F)(F)F)cc1)C(=O)O.